The molecule has 2 aliphatic rings. The van der Waals surface area contributed by atoms with Gasteiger partial charge in [0, 0.05) is 36.3 Å². The number of aromatic nitrogens is 2. The molecule has 9 heteroatoms. The van der Waals surface area contributed by atoms with Gasteiger partial charge in [-0.1, -0.05) is 48.2 Å². The number of carbonyl (C=O) groups excluding carboxylic acids is 1. The van der Waals surface area contributed by atoms with Gasteiger partial charge in [0.1, 0.15) is 11.4 Å². The van der Waals surface area contributed by atoms with E-state index in [4.69, 9.17) is 9.52 Å². The summed E-state index contributed by atoms with van der Waals surface area (Å²) in [5.74, 6) is 1.08. The first-order valence-corrected chi connectivity index (χ1v) is 10.9. The Bertz CT molecular complexity index is 1150. The Hall–Kier alpha value is -3.20. The summed E-state index contributed by atoms with van der Waals surface area (Å²) in [6, 6.07) is 15.7. The summed E-state index contributed by atoms with van der Waals surface area (Å²) in [7, 11) is 0. The van der Waals surface area contributed by atoms with Crippen molar-refractivity contribution in [2.24, 2.45) is 10.9 Å². The lowest BCUT2D eigenvalue weighted by Crippen LogP contribution is -2.43. The molecule has 0 bridgehead atoms. The number of aryl methyl sites for hydroxylation is 1. The van der Waals surface area contributed by atoms with Gasteiger partial charge in [-0.25, -0.2) is 9.38 Å². The van der Waals surface area contributed by atoms with Crippen molar-refractivity contribution in [1.82, 2.24) is 15.5 Å². The molecule has 31 heavy (non-hydrogen) atoms. The number of hydrogen-bond donors (Lipinski definition) is 1. The van der Waals surface area contributed by atoms with E-state index in [1.807, 2.05) is 29.2 Å². The third kappa shape index (κ3) is 3.59. The number of aliphatic imine (C=N–C) groups is 1. The summed E-state index contributed by atoms with van der Waals surface area (Å²) >= 11 is 1.47. The maximum absolute atomic E-state index is 15.0. The lowest BCUT2D eigenvalue weighted by molar-refractivity contribution is 0.0977. The lowest BCUT2D eigenvalue weighted by atomic mass is 9.81. The van der Waals surface area contributed by atoms with Crippen LogP contribution in [0.5, 0.6) is 0 Å². The molecule has 3 heterocycles. The number of amides is 1. The van der Waals surface area contributed by atoms with Gasteiger partial charge < -0.3 is 14.7 Å². The molecule has 2 aliphatic heterocycles. The van der Waals surface area contributed by atoms with Crippen LogP contribution in [-0.2, 0) is 5.54 Å². The van der Waals surface area contributed by atoms with Crippen molar-refractivity contribution in [1.29, 1.82) is 0 Å². The van der Waals surface area contributed by atoms with Crippen molar-refractivity contribution in [2.75, 3.05) is 23.7 Å². The number of anilines is 1. The number of carbonyl (C=O) groups is 1. The molecule has 2 aromatic carbocycles. The Morgan fingerprint density at radius 1 is 1.23 bits per heavy atom. The maximum atomic E-state index is 15.0. The first kappa shape index (κ1) is 19.7. The minimum absolute atomic E-state index is 0.0191. The van der Waals surface area contributed by atoms with Crippen LogP contribution in [0.25, 0.3) is 0 Å². The zero-order chi connectivity index (χ0) is 21.4. The number of thioether (sulfide) groups is 1. The molecule has 0 radical (unpaired) electrons. The molecule has 1 amide bonds. The molecular formula is C22H20FN5O2S. The van der Waals surface area contributed by atoms with Gasteiger partial charge in [-0.15, -0.1) is 0 Å². The number of amidine groups is 1. The number of benzene rings is 2. The Labute approximate surface area is 182 Å². The number of halogens is 1. The average molecular weight is 438 g/mol. The van der Waals surface area contributed by atoms with Crippen molar-refractivity contribution in [3.8, 4) is 0 Å². The minimum Gasteiger partial charge on any atom is -0.338 e. The van der Waals surface area contributed by atoms with Gasteiger partial charge in [0.25, 0.3) is 11.9 Å². The number of nitrogens with one attached hydrogen (secondary N) is 1. The Kier molecular flexibility index (Phi) is 4.97. The van der Waals surface area contributed by atoms with E-state index in [-0.39, 0.29) is 17.6 Å². The molecule has 0 unspecified atom stereocenters. The first-order chi connectivity index (χ1) is 15.0. The van der Waals surface area contributed by atoms with Crippen molar-refractivity contribution >= 4 is 28.8 Å². The van der Waals surface area contributed by atoms with Gasteiger partial charge in [-0.3, -0.25) is 4.79 Å². The number of fused-ring (bicyclic) bond motifs is 1. The second-order valence-corrected chi connectivity index (χ2v) is 8.65. The van der Waals surface area contributed by atoms with Crippen LogP contribution >= 0.6 is 11.8 Å². The van der Waals surface area contributed by atoms with Gasteiger partial charge in [-0.05, 0) is 23.4 Å². The number of rotatable bonds is 3. The largest absolute Gasteiger partial charge is 0.338 e. The molecule has 0 saturated carbocycles. The van der Waals surface area contributed by atoms with Gasteiger partial charge >= 0.3 is 0 Å². The Balaban J connectivity index is 1.52. The predicted molar refractivity (Wildman–Crippen MR) is 117 cm³/mol. The fraction of sp³-hybridized carbons (Fsp3) is 0.273. The normalized spacial score (nSPS) is 22.7. The summed E-state index contributed by atoms with van der Waals surface area (Å²) in [6.07, 6.45) is 0. The van der Waals surface area contributed by atoms with E-state index in [1.165, 1.54) is 17.8 Å². The second-order valence-electron chi connectivity index (χ2n) is 7.64. The zero-order valence-electron chi connectivity index (χ0n) is 16.8. The van der Waals surface area contributed by atoms with Crippen LogP contribution in [0.15, 0.2) is 64.1 Å². The van der Waals surface area contributed by atoms with Crippen LogP contribution in [0.1, 0.15) is 21.8 Å². The highest BCUT2D eigenvalue weighted by molar-refractivity contribution is 8.13. The monoisotopic (exact) mass is 437 g/mol. The van der Waals surface area contributed by atoms with E-state index in [0.29, 0.717) is 47.0 Å². The molecule has 2 atom stereocenters. The van der Waals surface area contributed by atoms with Crippen LogP contribution in [-0.4, -0.2) is 40.1 Å². The molecule has 5 rings (SSSR count). The zero-order valence-corrected chi connectivity index (χ0v) is 17.6. The van der Waals surface area contributed by atoms with Gasteiger partial charge in [0.2, 0.25) is 5.89 Å². The summed E-state index contributed by atoms with van der Waals surface area (Å²) in [5.41, 5.74) is 0.197. The predicted octanol–water partition coefficient (Wildman–Crippen LogP) is 3.38. The van der Waals surface area contributed by atoms with Crippen LogP contribution in [0, 0.1) is 18.7 Å². The van der Waals surface area contributed by atoms with E-state index in [1.54, 1.807) is 31.2 Å². The summed E-state index contributed by atoms with van der Waals surface area (Å²) < 4.78 is 20.1. The SMILES string of the molecule is Cc1nc(N2C[C@H]3CSC(NC(=O)c4ccccc4)=N[C@@]3(c3ccccc3F)C2)no1. The number of nitrogens with zero attached hydrogens (tertiary/aromatic N) is 4. The molecule has 1 fully saturated rings. The second kappa shape index (κ2) is 7.81. The smallest absolute Gasteiger partial charge is 0.266 e. The Morgan fingerprint density at radius 2 is 2.00 bits per heavy atom. The molecule has 0 aliphatic carbocycles. The highest BCUT2D eigenvalue weighted by atomic mass is 32.2. The van der Waals surface area contributed by atoms with Crippen molar-refractivity contribution in [2.45, 2.75) is 12.5 Å². The Morgan fingerprint density at radius 3 is 2.74 bits per heavy atom. The van der Waals surface area contributed by atoms with Crippen molar-refractivity contribution < 1.29 is 13.7 Å². The van der Waals surface area contributed by atoms with E-state index in [0.717, 1.165) is 0 Å². The molecule has 1 aromatic heterocycles. The standard InChI is InChI=1S/C22H20FN5O2S/c1-14-24-20(27-30-14)28-11-16-12-31-21(25-19(29)15-7-3-2-4-8-15)26-22(16,13-28)17-9-5-6-10-18(17)23/h2-10,16H,11-13H2,1H3,(H,25,26,29)/t16-,22-/m0/s1. The number of hydrogen-bond acceptors (Lipinski definition) is 7. The summed E-state index contributed by atoms with van der Waals surface area (Å²) in [4.78, 5) is 23.9. The molecule has 0 spiro atoms. The van der Waals surface area contributed by atoms with Crippen LogP contribution < -0.4 is 10.2 Å². The summed E-state index contributed by atoms with van der Waals surface area (Å²) in [6.45, 7) is 2.74. The third-order valence-electron chi connectivity index (χ3n) is 5.67. The minimum atomic E-state index is -0.857. The van der Waals surface area contributed by atoms with Crippen LogP contribution in [0.4, 0.5) is 10.3 Å². The fourth-order valence-corrected chi connectivity index (χ4v) is 5.31. The average Bonchev–Trinajstić information content (AvgIpc) is 3.38. The van der Waals surface area contributed by atoms with Crippen molar-refractivity contribution in [3.05, 3.63) is 77.4 Å². The van der Waals surface area contributed by atoms with Crippen LogP contribution in [0.3, 0.4) is 0 Å². The van der Waals surface area contributed by atoms with E-state index in [9.17, 15) is 9.18 Å². The molecule has 1 saturated heterocycles. The molecule has 1 N–H and O–H groups in total. The fourth-order valence-electron chi connectivity index (χ4n) is 4.18. The molecule has 7 nitrogen and oxygen atoms in total. The van der Waals surface area contributed by atoms with E-state index in [2.05, 4.69) is 15.5 Å². The quantitative estimate of drug-likeness (QED) is 0.676. The third-order valence-corrected chi connectivity index (χ3v) is 6.70. The maximum Gasteiger partial charge on any atom is 0.266 e. The molecule has 158 valence electrons. The van der Waals surface area contributed by atoms with Gasteiger partial charge in [-0.2, -0.15) is 4.98 Å². The van der Waals surface area contributed by atoms with E-state index < -0.39 is 5.54 Å². The molecular weight excluding hydrogens is 417 g/mol. The van der Waals surface area contributed by atoms with Gasteiger partial charge in [0.15, 0.2) is 5.17 Å². The highest BCUT2D eigenvalue weighted by Crippen LogP contribution is 2.47. The van der Waals surface area contributed by atoms with Crippen LogP contribution in [0.2, 0.25) is 0 Å². The highest BCUT2D eigenvalue weighted by Gasteiger charge is 2.52. The topological polar surface area (TPSA) is 83.6 Å². The first-order valence-electron chi connectivity index (χ1n) is 9.94. The van der Waals surface area contributed by atoms with Gasteiger partial charge in [0.05, 0.1) is 6.54 Å². The lowest BCUT2D eigenvalue weighted by Gasteiger charge is -2.35. The molecule has 3 aromatic rings. The van der Waals surface area contributed by atoms with Crippen molar-refractivity contribution in [3.63, 3.8) is 0 Å². The van der Waals surface area contributed by atoms with E-state index >= 15 is 0 Å². The summed E-state index contributed by atoms with van der Waals surface area (Å²) in [5, 5.41) is 7.42.